The summed E-state index contributed by atoms with van der Waals surface area (Å²) in [5, 5.41) is 1.48. The van der Waals surface area contributed by atoms with Crippen LogP contribution in [0.3, 0.4) is 0 Å². The number of fused-ring (bicyclic) bond motifs is 1. The van der Waals surface area contributed by atoms with E-state index < -0.39 is 0 Å². The lowest BCUT2D eigenvalue weighted by Crippen LogP contribution is -1.92. The maximum Gasteiger partial charge on any atom is 0.00963 e. The van der Waals surface area contributed by atoms with Crippen molar-refractivity contribution in [2.24, 2.45) is 0 Å². The standard InChI is InChI=1S/C10H11PSi/c1-12(2)7-8-5-9-3-4-11-10(9)6-8/h3-7H,1-2H3. The Hall–Kier alpha value is -0.523. The van der Waals surface area contributed by atoms with Gasteiger partial charge in [0.05, 0.1) is 0 Å². The largest absolute Gasteiger partial charge is 0.0751 e. The van der Waals surface area contributed by atoms with Crippen LogP contribution in [0.4, 0.5) is 0 Å². The smallest absolute Gasteiger partial charge is 0.00963 e. The first-order valence-electron chi connectivity index (χ1n) is 4.09. The van der Waals surface area contributed by atoms with Crippen LogP contribution in [0.5, 0.6) is 0 Å². The van der Waals surface area contributed by atoms with Crippen LogP contribution in [-0.2, 0) is 0 Å². The second-order valence-electron chi connectivity index (χ2n) is 3.30. The van der Waals surface area contributed by atoms with Gasteiger partial charge in [-0.25, -0.2) is 0 Å². The molecule has 0 N–H and O–H groups in total. The molecule has 1 heterocycles. The van der Waals surface area contributed by atoms with Gasteiger partial charge in [-0.15, -0.1) is 0 Å². The number of hydrogen-bond acceptors (Lipinski definition) is 0. The molecule has 0 aromatic heterocycles. The molecule has 1 aliphatic heterocycles. The molecule has 0 nitrogen and oxygen atoms in total. The van der Waals surface area contributed by atoms with Crippen molar-refractivity contribution >= 4 is 28.1 Å². The molecule has 0 bridgehead atoms. The molecule has 0 saturated heterocycles. The third kappa shape index (κ3) is 1.48. The molecule has 0 amide bonds. The van der Waals surface area contributed by atoms with Crippen LogP contribution in [-0.4, -0.2) is 19.9 Å². The number of hydrogen-bond donors (Lipinski definition) is 0. The Morgan fingerprint density at radius 1 is 1.33 bits per heavy atom. The Labute approximate surface area is 76.3 Å². The second-order valence-corrected chi connectivity index (χ2v) is 6.78. The lowest BCUT2D eigenvalue weighted by atomic mass is 10.3. The van der Waals surface area contributed by atoms with Crippen LogP contribution in [0.2, 0.25) is 13.1 Å². The van der Waals surface area contributed by atoms with Gasteiger partial charge in [-0.3, -0.25) is 0 Å². The van der Waals surface area contributed by atoms with E-state index in [2.05, 4.69) is 42.8 Å². The van der Waals surface area contributed by atoms with Gasteiger partial charge in [0.2, 0.25) is 0 Å². The van der Waals surface area contributed by atoms with E-state index in [0.717, 1.165) is 0 Å². The van der Waals surface area contributed by atoms with Gasteiger partial charge in [0.1, 0.15) is 0 Å². The maximum absolute atomic E-state index is 2.41. The van der Waals surface area contributed by atoms with Gasteiger partial charge in [-0.1, -0.05) is 27.0 Å². The van der Waals surface area contributed by atoms with E-state index in [9.17, 15) is 0 Å². The molecule has 0 aromatic carbocycles. The van der Waals surface area contributed by atoms with Crippen LogP contribution in [0.25, 0.3) is 0 Å². The molecule has 0 unspecified atom stereocenters. The van der Waals surface area contributed by atoms with Crippen LogP contribution in [0.1, 0.15) is 0 Å². The molecular formula is C10H11PSi. The van der Waals surface area contributed by atoms with E-state index in [0.29, 0.717) is 0 Å². The van der Waals surface area contributed by atoms with Crippen molar-refractivity contribution in [2.75, 3.05) is 0 Å². The first-order chi connectivity index (χ1) is 5.75. The summed E-state index contributed by atoms with van der Waals surface area (Å²) >= 11 is 0. The first kappa shape index (κ1) is 8.09. The van der Waals surface area contributed by atoms with Crippen molar-refractivity contribution in [1.29, 1.82) is 0 Å². The van der Waals surface area contributed by atoms with Crippen molar-refractivity contribution in [3.8, 4) is 0 Å². The Balaban J connectivity index is 2.31. The Bertz CT molecular complexity index is 363. The van der Waals surface area contributed by atoms with Crippen molar-refractivity contribution in [3.05, 3.63) is 34.7 Å². The topological polar surface area (TPSA) is 0 Å². The predicted octanol–water partition coefficient (Wildman–Crippen LogP) is 2.64. The van der Waals surface area contributed by atoms with Crippen molar-refractivity contribution in [2.45, 2.75) is 13.1 Å². The van der Waals surface area contributed by atoms with Crippen LogP contribution in [0.15, 0.2) is 34.7 Å². The zero-order valence-corrected chi connectivity index (χ0v) is 9.23. The monoisotopic (exact) mass is 190 g/mol. The van der Waals surface area contributed by atoms with Crippen molar-refractivity contribution in [3.63, 3.8) is 0 Å². The summed E-state index contributed by atoms with van der Waals surface area (Å²) in [5.74, 6) is 2.21. The summed E-state index contributed by atoms with van der Waals surface area (Å²) in [6.45, 7) is 4.63. The number of rotatable bonds is 1. The van der Waals surface area contributed by atoms with Gasteiger partial charge in [0.15, 0.2) is 0 Å². The minimum atomic E-state index is -0.226. The van der Waals surface area contributed by atoms with E-state index in [4.69, 9.17) is 0 Å². The average molecular weight is 190 g/mol. The maximum atomic E-state index is 2.41. The Kier molecular flexibility index (Phi) is 2.08. The number of allylic oxidation sites excluding steroid dienone is 6. The zero-order chi connectivity index (χ0) is 8.55. The summed E-state index contributed by atoms with van der Waals surface area (Å²) in [6, 6.07) is 0. The normalized spacial score (nSPS) is 19.7. The highest BCUT2D eigenvalue weighted by molar-refractivity contribution is 7.45. The molecular weight excluding hydrogens is 179 g/mol. The Morgan fingerprint density at radius 3 is 2.83 bits per heavy atom. The summed E-state index contributed by atoms with van der Waals surface area (Å²) < 4.78 is 0. The van der Waals surface area contributed by atoms with Crippen molar-refractivity contribution < 1.29 is 0 Å². The fraction of sp³-hybridized carbons (Fsp3) is 0.200. The molecule has 0 spiro atoms. The molecule has 0 radical (unpaired) electrons. The molecule has 0 saturated carbocycles. The SMILES string of the molecule is C[Si](C)=CC1=CC2=CC=PC2=C1. The third-order valence-electron chi connectivity index (χ3n) is 1.84. The summed E-state index contributed by atoms with van der Waals surface area (Å²) in [5.41, 5.74) is 5.26. The quantitative estimate of drug-likeness (QED) is 0.440. The second kappa shape index (κ2) is 3.08. The predicted molar refractivity (Wildman–Crippen MR) is 60.8 cm³/mol. The van der Waals surface area contributed by atoms with Gasteiger partial charge in [0, 0.05) is 13.7 Å². The molecule has 2 aliphatic rings. The molecule has 0 fully saturated rings. The fourth-order valence-electron chi connectivity index (χ4n) is 1.40. The highest BCUT2D eigenvalue weighted by Gasteiger charge is 2.11. The van der Waals surface area contributed by atoms with E-state index in [-0.39, 0.29) is 8.41 Å². The van der Waals surface area contributed by atoms with E-state index >= 15 is 0 Å². The zero-order valence-electron chi connectivity index (χ0n) is 7.33. The van der Waals surface area contributed by atoms with Gasteiger partial charge < -0.3 is 0 Å². The van der Waals surface area contributed by atoms with E-state index in [1.807, 2.05) is 0 Å². The summed E-state index contributed by atoms with van der Waals surface area (Å²) in [6.07, 6.45) is 6.82. The van der Waals surface area contributed by atoms with Crippen LogP contribution >= 0.6 is 8.20 Å². The molecule has 2 heteroatoms. The van der Waals surface area contributed by atoms with Crippen LogP contribution in [0, 0.1) is 0 Å². The van der Waals surface area contributed by atoms with E-state index in [1.54, 1.807) is 0 Å². The van der Waals surface area contributed by atoms with Crippen molar-refractivity contribution in [1.82, 2.24) is 0 Å². The van der Waals surface area contributed by atoms with Gasteiger partial charge in [-0.05, 0) is 35.2 Å². The van der Waals surface area contributed by atoms with Crippen LogP contribution < -0.4 is 0 Å². The van der Waals surface area contributed by atoms with E-state index in [1.165, 1.54) is 24.7 Å². The summed E-state index contributed by atoms with van der Waals surface area (Å²) in [7, 11) is 1.14. The Morgan fingerprint density at radius 2 is 2.17 bits per heavy atom. The lowest BCUT2D eigenvalue weighted by Gasteiger charge is -1.88. The highest BCUT2D eigenvalue weighted by atomic mass is 31.1. The molecule has 12 heavy (non-hydrogen) atoms. The molecule has 0 atom stereocenters. The molecule has 0 aromatic rings. The fourth-order valence-corrected chi connectivity index (χ4v) is 3.14. The van der Waals surface area contributed by atoms with Gasteiger partial charge >= 0.3 is 0 Å². The first-order valence-corrected chi connectivity index (χ1v) is 7.63. The summed E-state index contributed by atoms with van der Waals surface area (Å²) in [4.78, 5) is 0. The molecule has 60 valence electrons. The van der Waals surface area contributed by atoms with Gasteiger partial charge in [-0.2, -0.15) is 0 Å². The molecule has 2 rings (SSSR count). The average Bonchev–Trinajstić information content (AvgIpc) is 2.43. The minimum absolute atomic E-state index is 0.226. The highest BCUT2D eigenvalue weighted by Crippen LogP contribution is 2.34. The minimum Gasteiger partial charge on any atom is -0.0751 e. The molecule has 1 aliphatic carbocycles. The lowest BCUT2D eigenvalue weighted by molar-refractivity contribution is 1.79. The van der Waals surface area contributed by atoms with Gasteiger partial charge in [0.25, 0.3) is 0 Å². The third-order valence-corrected chi connectivity index (χ3v) is 3.72.